The van der Waals surface area contributed by atoms with E-state index in [0.717, 1.165) is 22.3 Å². The van der Waals surface area contributed by atoms with Gasteiger partial charge in [-0.15, -0.1) is 0 Å². The summed E-state index contributed by atoms with van der Waals surface area (Å²) in [6.45, 7) is 6.60. The summed E-state index contributed by atoms with van der Waals surface area (Å²) in [5.74, 6) is 0.588. The smallest absolute Gasteiger partial charge is 0.331 e. The Morgan fingerprint density at radius 2 is 1.96 bits per heavy atom. The normalized spacial score (nSPS) is 10.8. The summed E-state index contributed by atoms with van der Waals surface area (Å²) in [6.07, 6.45) is 3.01. The molecule has 0 radical (unpaired) electrons. The Kier molecular flexibility index (Phi) is 7.10. The molecule has 4 nitrogen and oxygen atoms in total. The van der Waals surface area contributed by atoms with Crippen molar-refractivity contribution in [2.24, 2.45) is 0 Å². The van der Waals surface area contributed by atoms with E-state index in [1.807, 2.05) is 39.0 Å². The molecule has 0 fully saturated rings. The van der Waals surface area contributed by atoms with Crippen LogP contribution in [0.25, 0.3) is 6.08 Å². The highest BCUT2D eigenvalue weighted by Crippen LogP contribution is 2.36. The molecule has 0 aromatic heterocycles. The third kappa shape index (κ3) is 5.27. The third-order valence-electron chi connectivity index (χ3n) is 3.82. The number of benzene rings is 2. The maximum atomic E-state index is 12.0. The highest BCUT2D eigenvalue weighted by atomic mass is 35.5. The van der Waals surface area contributed by atoms with Gasteiger partial charge in [0.05, 0.1) is 18.7 Å². The van der Waals surface area contributed by atoms with Crippen LogP contribution in [0.1, 0.15) is 29.2 Å². The minimum Gasteiger partial charge on any atom is -0.491 e. The van der Waals surface area contributed by atoms with Crippen LogP contribution in [-0.2, 0) is 16.1 Å². The highest BCUT2D eigenvalue weighted by molar-refractivity contribution is 6.32. The van der Waals surface area contributed by atoms with Crippen LogP contribution < -0.4 is 9.47 Å². The first kappa shape index (κ1) is 19.9. The number of rotatable bonds is 7. The molecule has 2 rings (SSSR count). The van der Waals surface area contributed by atoms with Crippen molar-refractivity contribution in [1.82, 2.24) is 0 Å². The lowest BCUT2D eigenvalue weighted by Gasteiger charge is -2.11. The molecule has 26 heavy (non-hydrogen) atoms. The predicted molar refractivity (Wildman–Crippen MR) is 104 cm³/mol. The summed E-state index contributed by atoms with van der Waals surface area (Å²) in [5, 5.41) is 0.418. The fourth-order valence-corrected chi connectivity index (χ4v) is 2.76. The summed E-state index contributed by atoms with van der Waals surface area (Å²) in [4.78, 5) is 12.0. The van der Waals surface area contributed by atoms with E-state index in [1.165, 1.54) is 13.2 Å². The second kappa shape index (κ2) is 9.30. The first-order valence-electron chi connectivity index (χ1n) is 8.36. The van der Waals surface area contributed by atoms with Gasteiger partial charge >= 0.3 is 5.97 Å². The van der Waals surface area contributed by atoms with E-state index >= 15 is 0 Å². The van der Waals surface area contributed by atoms with Crippen molar-refractivity contribution in [2.75, 3.05) is 13.7 Å². The van der Waals surface area contributed by atoms with Gasteiger partial charge in [0, 0.05) is 6.08 Å². The SMILES string of the molecule is CCOc1cc(/C=C/C(=O)OCc2cc(C)ccc2C)cc(Cl)c1OC. The summed E-state index contributed by atoms with van der Waals surface area (Å²) in [7, 11) is 1.53. The first-order valence-corrected chi connectivity index (χ1v) is 8.73. The van der Waals surface area contributed by atoms with Crippen molar-refractivity contribution in [1.29, 1.82) is 0 Å². The van der Waals surface area contributed by atoms with Gasteiger partial charge in [0.15, 0.2) is 11.5 Å². The van der Waals surface area contributed by atoms with E-state index in [0.29, 0.717) is 23.1 Å². The number of carbonyl (C=O) groups excluding carboxylic acids is 1. The van der Waals surface area contributed by atoms with Gasteiger partial charge in [-0.25, -0.2) is 4.79 Å². The number of methoxy groups -OCH3 is 1. The Morgan fingerprint density at radius 3 is 2.65 bits per heavy atom. The summed E-state index contributed by atoms with van der Waals surface area (Å²) < 4.78 is 16.1. The third-order valence-corrected chi connectivity index (χ3v) is 4.10. The van der Waals surface area contributed by atoms with Crippen molar-refractivity contribution >= 4 is 23.6 Å². The molecule has 0 aliphatic heterocycles. The van der Waals surface area contributed by atoms with Crippen LogP contribution >= 0.6 is 11.6 Å². The molecule has 0 atom stereocenters. The first-order chi connectivity index (χ1) is 12.4. The lowest BCUT2D eigenvalue weighted by molar-refractivity contribution is -0.138. The van der Waals surface area contributed by atoms with Crippen molar-refractivity contribution < 1.29 is 19.0 Å². The molecule has 0 spiro atoms. The monoisotopic (exact) mass is 374 g/mol. The standard InChI is InChI=1S/C21H23ClO4/c1-5-25-19-12-16(11-18(22)21(19)24-4)8-9-20(23)26-13-17-10-14(2)6-7-15(17)3/h6-12H,5,13H2,1-4H3/b9-8+. The molecule has 0 saturated carbocycles. The summed E-state index contributed by atoms with van der Waals surface area (Å²) >= 11 is 6.20. The van der Waals surface area contributed by atoms with Gasteiger partial charge in [0.25, 0.3) is 0 Å². The van der Waals surface area contributed by atoms with Crippen molar-refractivity contribution in [3.63, 3.8) is 0 Å². The zero-order chi connectivity index (χ0) is 19.1. The van der Waals surface area contributed by atoms with E-state index in [-0.39, 0.29) is 6.61 Å². The summed E-state index contributed by atoms with van der Waals surface area (Å²) in [5.41, 5.74) is 3.95. The number of halogens is 1. The Labute approximate surface area is 159 Å². The van der Waals surface area contributed by atoms with Gasteiger partial charge in [0.2, 0.25) is 0 Å². The van der Waals surface area contributed by atoms with Crippen LogP contribution in [0.5, 0.6) is 11.5 Å². The molecule has 2 aromatic carbocycles. The minimum absolute atomic E-state index is 0.240. The largest absolute Gasteiger partial charge is 0.491 e. The lowest BCUT2D eigenvalue weighted by Crippen LogP contribution is -2.02. The number of esters is 1. The van der Waals surface area contributed by atoms with E-state index < -0.39 is 5.97 Å². The molecule has 0 saturated heterocycles. The lowest BCUT2D eigenvalue weighted by atomic mass is 10.1. The van der Waals surface area contributed by atoms with Gasteiger partial charge < -0.3 is 14.2 Å². The number of carbonyl (C=O) groups is 1. The van der Waals surface area contributed by atoms with E-state index in [9.17, 15) is 4.79 Å². The van der Waals surface area contributed by atoms with Crippen LogP contribution in [0.2, 0.25) is 5.02 Å². The molecule has 2 aromatic rings. The molecule has 138 valence electrons. The highest BCUT2D eigenvalue weighted by Gasteiger charge is 2.11. The molecule has 5 heteroatoms. The molecule has 0 aliphatic carbocycles. The van der Waals surface area contributed by atoms with E-state index in [2.05, 4.69) is 0 Å². The number of ether oxygens (including phenoxy) is 3. The van der Waals surface area contributed by atoms with Gasteiger partial charge in [0.1, 0.15) is 6.61 Å². The van der Waals surface area contributed by atoms with E-state index in [1.54, 1.807) is 18.2 Å². The second-order valence-corrected chi connectivity index (χ2v) is 6.25. The average molecular weight is 375 g/mol. The van der Waals surface area contributed by atoms with Crippen LogP contribution in [0.4, 0.5) is 0 Å². The van der Waals surface area contributed by atoms with Crippen molar-refractivity contribution in [3.05, 3.63) is 63.7 Å². The molecular formula is C21H23ClO4. The fourth-order valence-electron chi connectivity index (χ4n) is 2.46. The molecule has 0 bridgehead atoms. The fraction of sp³-hybridized carbons (Fsp3) is 0.286. The number of hydrogen-bond acceptors (Lipinski definition) is 4. The maximum absolute atomic E-state index is 12.0. The molecular weight excluding hydrogens is 352 g/mol. The van der Waals surface area contributed by atoms with Crippen molar-refractivity contribution in [2.45, 2.75) is 27.4 Å². The Balaban J connectivity index is 2.06. The Bertz CT molecular complexity index is 812. The second-order valence-electron chi connectivity index (χ2n) is 5.84. The maximum Gasteiger partial charge on any atom is 0.331 e. The van der Waals surface area contributed by atoms with Gasteiger partial charge in [-0.2, -0.15) is 0 Å². The van der Waals surface area contributed by atoms with Crippen LogP contribution in [0, 0.1) is 13.8 Å². The molecule has 0 heterocycles. The average Bonchev–Trinajstić information content (AvgIpc) is 2.61. The van der Waals surface area contributed by atoms with Crippen molar-refractivity contribution in [3.8, 4) is 11.5 Å². The Hall–Kier alpha value is -2.46. The van der Waals surface area contributed by atoms with Crippen LogP contribution in [0.15, 0.2) is 36.4 Å². The minimum atomic E-state index is -0.421. The summed E-state index contributed by atoms with van der Waals surface area (Å²) in [6, 6.07) is 9.54. The topological polar surface area (TPSA) is 44.8 Å². The Morgan fingerprint density at radius 1 is 1.19 bits per heavy atom. The van der Waals surface area contributed by atoms with Crippen LogP contribution in [-0.4, -0.2) is 19.7 Å². The van der Waals surface area contributed by atoms with Gasteiger partial charge in [-0.1, -0.05) is 35.4 Å². The molecule has 0 N–H and O–H groups in total. The molecule has 0 amide bonds. The van der Waals surface area contributed by atoms with Crippen LogP contribution in [0.3, 0.4) is 0 Å². The zero-order valence-corrected chi connectivity index (χ0v) is 16.2. The zero-order valence-electron chi connectivity index (χ0n) is 15.5. The number of aryl methyl sites for hydroxylation is 2. The molecule has 0 unspecified atom stereocenters. The van der Waals surface area contributed by atoms with E-state index in [4.69, 9.17) is 25.8 Å². The quantitative estimate of drug-likeness (QED) is 0.498. The van der Waals surface area contributed by atoms with Gasteiger partial charge in [-0.3, -0.25) is 0 Å². The predicted octanol–water partition coefficient (Wildman–Crippen LogP) is 5.12. The molecule has 0 aliphatic rings. The van der Waals surface area contributed by atoms with Gasteiger partial charge in [-0.05, 0) is 55.7 Å². The number of hydrogen-bond donors (Lipinski definition) is 0.